The van der Waals surface area contributed by atoms with Crippen LogP contribution in [0.2, 0.25) is 0 Å². The van der Waals surface area contributed by atoms with E-state index in [2.05, 4.69) is 9.97 Å². The van der Waals surface area contributed by atoms with Crippen molar-refractivity contribution >= 4 is 18.0 Å². The van der Waals surface area contributed by atoms with Gasteiger partial charge in [0.25, 0.3) is 0 Å². The lowest BCUT2D eigenvalue weighted by molar-refractivity contribution is -0.131. The van der Waals surface area contributed by atoms with Crippen LogP contribution in [0.3, 0.4) is 0 Å². The van der Waals surface area contributed by atoms with Gasteiger partial charge in [0.1, 0.15) is 0 Å². The summed E-state index contributed by atoms with van der Waals surface area (Å²) in [5.41, 5.74) is 0.648. The monoisotopic (exact) mass is 251 g/mol. The number of carboxylic acid groups (broad SMARTS) is 1. The molecule has 0 radical (unpaired) electrons. The lowest BCUT2D eigenvalue weighted by Crippen LogP contribution is -2.29. The number of nitrogens with zero attached hydrogens (tertiary/aromatic N) is 3. The maximum atomic E-state index is 10.4. The predicted molar refractivity (Wildman–Crippen MR) is 68.4 cm³/mol. The third kappa shape index (κ3) is 4.50. The number of hydrogen-bond acceptors (Lipinski definition) is 5. The molecule has 1 atom stereocenters. The molecule has 0 saturated carbocycles. The van der Waals surface area contributed by atoms with E-state index in [-0.39, 0.29) is 6.10 Å². The topological polar surface area (TPSA) is 75.5 Å². The van der Waals surface area contributed by atoms with Crippen molar-refractivity contribution < 1.29 is 14.6 Å². The minimum Gasteiger partial charge on any atom is -0.478 e. The fourth-order valence-corrected chi connectivity index (χ4v) is 1.32. The molecule has 1 unspecified atom stereocenters. The first kappa shape index (κ1) is 14.1. The summed E-state index contributed by atoms with van der Waals surface area (Å²) in [6.45, 7) is 2.64. The van der Waals surface area contributed by atoms with E-state index in [1.807, 2.05) is 18.9 Å². The Morgan fingerprint density at radius 1 is 1.56 bits per heavy atom. The number of anilines is 1. The van der Waals surface area contributed by atoms with Crippen molar-refractivity contribution in [3.05, 3.63) is 24.0 Å². The van der Waals surface area contributed by atoms with Crippen LogP contribution in [0, 0.1) is 0 Å². The molecule has 1 heterocycles. The first-order valence-electron chi connectivity index (χ1n) is 5.50. The zero-order valence-corrected chi connectivity index (χ0v) is 10.7. The largest absolute Gasteiger partial charge is 0.478 e. The van der Waals surface area contributed by atoms with E-state index in [1.54, 1.807) is 19.5 Å². The van der Waals surface area contributed by atoms with Gasteiger partial charge in [-0.15, -0.1) is 0 Å². The number of aliphatic carboxylic acids is 1. The van der Waals surface area contributed by atoms with Crippen LogP contribution in [0.15, 0.2) is 18.5 Å². The molecule has 1 N–H and O–H groups in total. The van der Waals surface area contributed by atoms with E-state index in [9.17, 15) is 4.79 Å². The van der Waals surface area contributed by atoms with Crippen LogP contribution in [-0.4, -0.2) is 47.8 Å². The van der Waals surface area contributed by atoms with Crippen molar-refractivity contribution in [3.8, 4) is 0 Å². The van der Waals surface area contributed by atoms with Crippen molar-refractivity contribution in [2.24, 2.45) is 0 Å². The van der Waals surface area contributed by atoms with Gasteiger partial charge in [-0.05, 0) is 13.0 Å². The molecule has 0 bridgehead atoms. The molecular formula is C12H17N3O3. The van der Waals surface area contributed by atoms with Gasteiger partial charge in [0.15, 0.2) is 0 Å². The Bertz CT molecular complexity index is 417. The van der Waals surface area contributed by atoms with Gasteiger partial charge in [-0.3, -0.25) is 0 Å². The van der Waals surface area contributed by atoms with Crippen molar-refractivity contribution in [1.29, 1.82) is 0 Å². The Kier molecular flexibility index (Phi) is 5.26. The van der Waals surface area contributed by atoms with Gasteiger partial charge >= 0.3 is 5.97 Å². The first-order valence-corrected chi connectivity index (χ1v) is 5.50. The molecule has 0 aliphatic heterocycles. The third-order valence-electron chi connectivity index (χ3n) is 2.35. The third-order valence-corrected chi connectivity index (χ3v) is 2.35. The Labute approximate surface area is 106 Å². The van der Waals surface area contributed by atoms with E-state index in [0.29, 0.717) is 18.1 Å². The molecule has 1 aromatic heterocycles. The molecule has 1 aromatic rings. The number of methoxy groups -OCH3 is 1. The Balaban J connectivity index is 2.67. The van der Waals surface area contributed by atoms with Gasteiger partial charge < -0.3 is 14.7 Å². The van der Waals surface area contributed by atoms with Crippen LogP contribution in [0.1, 0.15) is 12.5 Å². The fraction of sp³-hybridized carbons (Fsp3) is 0.417. The second-order valence-corrected chi connectivity index (χ2v) is 3.91. The summed E-state index contributed by atoms with van der Waals surface area (Å²) < 4.78 is 5.16. The predicted octanol–water partition coefficient (Wildman–Crippen LogP) is 1.05. The second-order valence-electron chi connectivity index (χ2n) is 3.91. The normalized spacial score (nSPS) is 12.6. The highest BCUT2D eigenvalue weighted by Gasteiger charge is 2.08. The van der Waals surface area contributed by atoms with Gasteiger partial charge in [0, 0.05) is 44.7 Å². The van der Waals surface area contributed by atoms with Gasteiger partial charge in [-0.2, -0.15) is 0 Å². The Hall–Kier alpha value is -1.95. The standard InChI is InChI=1S/C12H17N3O3/c1-9(18-3)8-15(2)12-13-6-10(7-14-12)4-5-11(16)17/h4-7,9H,8H2,1-3H3,(H,16,17)/b5-4+. The zero-order valence-electron chi connectivity index (χ0n) is 10.7. The van der Waals surface area contributed by atoms with Gasteiger partial charge in [0.2, 0.25) is 5.95 Å². The van der Waals surface area contributed by atoms with Crippen LogP contribution >= 0.6 is 0 Å². The molecule has 0 amide bonds. The lowest BCUT2D eigenvalue weighted by atomic mass is 10.3. The highest BCUT2D eigenvalue weighted by Crippen LogP contribution is 2.07. The highest BCUT2D eigenvalue weighted by atomic mass is 16.5. The zero-order chi connectivity index (χ0) is 13.5. The summed E-state index contributed by atoms with van der Waals surface area (Å²) in [5.74, 6) is -0.420. The summed E-state index contributed by atoms with van der Waals surface area (Å²) in [5, 5.41) is 8.49. The second kappa shape index (κ2) is 6.70. The number of hydrogen-bond donors (Lipinski definition) is 1. The van der Waals surface area contributed by atoms with Gasteiger partial charge in [0.05, 0.1) is 6.10 Å². The number of carbonyl (C=O) groups is 1. The van der Waals surface area contributed by atoms with Crippen LogP contribution in [0.25, 0.3) is 6.08 Å². The minimum atomic E-state index is -0.995. The number of likely N-dealkylation sites (N-methyl/N-ethyl adjacent to an activating group) is 1. The number of ether oxygens (including phenoxy) is 1. The van der Waals surface area contributed by atoms with E-state index in [1.165, 1.54) is 6.08 Å². The minimum absolute atomic E-state index is 0.0881. The van der Waals surface area contributed by atoms with E-state index in [4.69, 9.17) is 9.84 Å². The Morgan fingerprint density at radius 2 is 2.17 bits per heavy atom. The molecule has 0 aliphatic carbocycles. The summed E-state index contributed by atoms with van der Waals surface area (Å²) in [7, 11) is 3.52. The molecule has 18 heavy (non-hydrogen) atoms. The maximum Gasteiger partial charge on any atom is 0.328 e. The van der Waals surface area contributed by atoms with Crippen LogP contribution in [0.5, 0.6) is 0 Å². The first-order chi connectivity index (χ1) is 8.52. The average Bonchev–Trinajstić information content (AvgIpc) is 2.36. The molecule has 6 heteroatoms. The van der Waals surface area contributed by atoms with E-state index in [0.717, 1.165) is 6.08 Å². The SMILES string of the molecule is COC(C)CN(C)c1ncc(/C=C/C(=O)O)cn1. The molecule has 0 aliphatic rings. The van der Waals surface area contributed by atoms with Crippen molar-refractivity contribution in [2.75, 3.05) is 25.6 Å². The van der Waals surface area contributed by atoms with Gasteiger partial charge in [-0.25, -0.2) is 14.8 Å². The summed E-state index contributed by atoms with van der Waals surface area (Å²) in [6.07, 6.45) is 5.75. The van der Waals surface area contributed by atoms with Gasteiger partial charge in [-0.1, -0.05) is 0 Å². The van der Waals surface area contributed by atoms with E-state index >= 15 is 0 Å². The number of aromatic nitrogens is 2. The van der Waals surface area contributed by atoms with Crippen molar-refractivity contribution in [1.82, 2.24) is 9.97 Å². The van der Waals surface area contributed by atoms with Crippen LogP contribution in [0.4, 0.5) is 5.95 Å². The number of carboxylic acids is 1. The molecule has 0 saturated heterocycles. The average molecular weight is 251 g/mol. The summed E-state index contributed by atoms with van der Waals surface area (Å²) >= 11 is 0. The highest BCUT2D eigenvalue weighted by molar-refractivity contribution is 5.85. The smallest absolute Gasteiger partial charge is 0.328 e. The molecule has 98 valence electrons. The quantitative estimate of drug-likeness (QED) is 0.761. The molecule has 6 nitrogen and oxygen atoms in total. The maximum absolute atomic E-state index is 10.4. The molecular weight excluding hydrogens is 234 g/mol. The van der Waals surface area contributed by atoms with Crippen LogP contribution < -0.4 is 4.90 Å². The van der Waals surface area contributed by atoms with E-state index < -0.39 is 5.97 Å². The molecule has 1 rings (SSSR count). The summed E-state index contributed by atoms with van der Waals surface area (Å²) in [4.78, 5) is 20.5. The molecule has 0 aromatic carbocycles. The number of rotatable bonds is 6. The van der Waals surface area contributed by atoms with Crippen molar-refractivity contribution in [3.63, 3.8) is 0 Å². The lowest BCUT2D eigenvalue weighted by Gasteiger charge is -2.20. The fourth-order valence-electron chi connectivity index (χ4n) is 1.32. The van der Waals surface area contributed by atoms with Crippen LogP contribution in [-0.2, 0) is 9.53 Å². The Morgan fingerprint density at radius 3 is 2.67 bits per heavy atom. The van der Waals surface area contributed by atoms with Crippen molar-refractivity contribution in [2.45, 2.75) is 13.0 Å². The summed E-state index contributed by atoms with van der Waals surface area (Å²) in [6, 6.07) is 0. The molecule has 0 spiro atoms. The molecule has 0 fully saturated rings.